The summed E-state index contributed by atoms with van der Waals surface area (Å²) in [6.07, 6.45) is 1.00. The van der Waals surface area contributed by atoms with Gasteiger partial charge in [-0.25, -0.2) is 8.42 Å². The van der Waals surface area contributed by atoms with E-state index in [0.717, 1.165) is 19.5 Å². The Hall–Kier alpha value is -2.08. The first kappa shape index (κ1) is 13.9. The first-order valence-corrected chi connectivity index (χ1v) is 8.37. The van der Waals surface area contributed by atoms with Crippen LogP contribution in [0.4, 0.5) is 0 Å². The Labute approximate surface area is 123 Å². The van der Waals surface area contributed by atoms with Crippen molar-refractivity contribution in [3.8, 4) is 0 Å². The van der Waals surface area contributed by atoms with Gasteiger partial charge in [-0.1, -0.05) is 18.2 Å². The first-order valence-electron chi connectivity index (χ1n) is 6.72. The lowest BCUT2D eigenvalue weighted by Crippen LogP contribution is -2.41. The Kier molecular flexibility index (Phi) is 3.55. The summed E-state index contributed by atoms with van der Waals surface area (Å²) in [5, 5.41) is 0. The Morgan fingerprint density at radius 3 is 2.43 bits per heavy atom. The van der Waals surface area contributed by atoms with Gasteiger partial charge < -0.3 is 9.32 Å². The number of amides is 1. The molecular weight excluding hydrogens is 290 g/mol. The smallest absolute Gasteiger partial charge is 0.289 e. The number of sulfone groups is 1. The maximum atomic E-state index is 12.2. The highest BCUT2D eigenvalue weighted by Gasteiger charge is 2.25. The van der Waals surface area contributed by atoms with E-state index in [0.29, 0.717) is 0 Å². The van der Waals surface area contributed by atoms with Crippen LogP contribution in [0.1, 0.15) is 22.7 Å². The van der Waals surface area contributed by atoms with E-state index in [9.17, 15) is 13.2 Å². The number of nitrogens with zero attached hydrogens (tertiary/aromatic N) is 1. The number of hydrogen-bond donors (Lipinski definition) is 0. The molecule has 0 saturated carbocycles. The number of carbonyl (C=O) groups excluding carboxylic acids is 1. The van der Waals surface area contributed by atoms with Crippen LogP contribution in [0.25, 0.3) is 0 Å². The van der Waals surface area contributed by atoms with Crippen LogP contribution in [-0.2, 0) is 15.6 Å². The van der Waals surface area contributed by atoms with Crippen molar-refractivity contribution in [1.29, 1.82) is 0 Å². The predicted molar refractivity (Wildman–Crippen MR) is 76.6 cm³/mol. The maximum Gasteiger partial charge on any atom is 0.289 e. The zero-order valence-electron chi connectivity index (χ0n) is 11.4. The summed E-state index contributed by atoms with van der Waals surface area (Å²) in [4.78, 5) is 13.9. The summed E-state index contributed by atoms with van der Waals surface area (Å²) < 4.78 is 29.8. The van der Waals surface area contributed by atoms with E-state index in [1.165, 1.54) is 6.07 Å². The topological polar surface area (TPSA) is 67.6 Å². The Bertz CT molecular complexity index is 745. The van der Waals surface area contributed by atoms with Gasteiger partial charge in [0.15, 0.2) is 15.6 Å². The van der Waals surface area contributed by atoms with Crippen molar-refractivity contribution >= 4 is 15.7 Å². The molecule has 0 N–H and O–H groups in total. The molecule has 3 rings (SSSR count). The molecule has 0 spiro atoms. The Morgan fingerprint density at radius 2 is 1.81 bits per heavy atom. The van der Waals surface area contributed by atoms with Crippen molar-refractivity contribution in [2.24, 2.45) is 0 Å². The van der Waals surface area contributed by atoms with E-state index in [4.69, 9.17) is 4.42 Å². The van der Waals surface area contributed by atoms with Crippen molar-refractivity contribution < 1.29 is 17.6 Å². The van der Waals surface area contributed by atoms with Crippen molar-refractivity contribution in [3.05, 3.63) is 54.0 Å². The van der Waals surface area contributed by atoms with E-state index in [2.05, 4.69) is 0 Å². The highest BCUT2D eigenvalue weighted by Crippen LogP contribution is 2.20. The van der Waals surface area contributed by atoms with E-state index in [1.54, 1.807) is 41.3 Å². The van der Waals surface area contributed by atoms with E-state index >= 15 is 0 Å². The fraction of sp³-hybridized carbons (Fsp3) is 0.267. The van der Waals surface area contributed by atoms with Crippen LogP contribution in [0.2, 0.25) is 0 Å². The third-order valence-corrected chi connectivity index (χ3v) is 5.11. The van der Waals surface area contributed by atoms with E-state index < -0.39 is 9.84 Å². The molecule has 21 heavy (non-hydrogen) atoms. The van der Waals surface area contributed by atoms with Crippen molar-refractivity contribution in [1.82, 2.24) is 4.90 Å². The fourth-order valence-corrected chi connectivity index (χ4v) is 3.41. The second-order valence-corrected chi connectivity index (χ2v) is 6.97. The minimum Gasteiger partial charge on any atom is -0.455 e. The van der Waals surface area contributed by atoms with Gasteiger partial charge in [-0.2, -0.15) is 0 Å². The molecule has 1 aliphatic rings. The van der Waals surface area contributed by atoms with E-state index in [-0.39, 0.29) is 28.1 Å². The van der Waals surface area contributed by atoms with Gasteiger partial charge in [-0.15, -0.1) is 0 Å². The summed E-state index contributed by atoms with van der Waals surface area (Å²) in [6.45, 7) is 1.47. The number of hydrogen-bond acceptors (Lipinski definition) is 4. The van der Waals surface area contributed by atoms with Gasteiger partial charge in [0.2, 0.25) is 0 Å². The lowest BCUT2D eigenvalue weighted by molar-refractivity contribution is 0.0617. The average Bonchev–Trinajstić information content (AvgIpc) is 2.85. The molecule has 1 aliphatic heterocycles. The Morgan fingerprint density at radius 1 is 1.10 bits per heavy atom. The molecule has 0 atom stereocenters. The number of likely N-dealkylation sites (tertiary alicyclic amines) is 1. The van der Waals surface area contributed by atoms with Crippen LogP contribution in [0.15, 0.2) is 51.8 Å². The molecule has 2 aromatic rings. The van der Waals surface area contributed by atoms with Crippen LogP contribution >= 0.6 is 0 Å². The quantitative estimate of drug-likeness (QED) is 0.867. The molecule has 2 heterocycles. The monoisotopic (exact) mass is 305 g/mol. The Balaban J connectivity index is 1.76. The maximum absolute atomic E-state index is 12.2. The summed E-state index contributed by atoms with van der Waals surface area (Å²) >= 11 is 0. The van der Waals surface area contributed by atoms with Gasteiger partial charge in [0.1, 0.15) is 11.5 Å². The molecule has 0 radical (unpaired) electrons. The highest BCUT2D eigenvalue weighted by atomic mass is 32.2. The van der Waals surface area contributed by atoms with Gasteiger partial charge in [-0.3, -0.25) is 4.79 Å². The second-order valence-electron chi connectivity index (χ2n) is 4.98. The zero-order valence-corrected chi connectivity index (χ0v) is 12.2. The molecule has 0 unspecified atom stereocenters. The molecule has 5 nitrogen and oxygen atoms in total. The summed E-state index contributed by atoms with van der Waals surface area (Å²) in [5.41, 5.74) is 0. The lowest BCUT2D eigenvalue weighted by atomic mass is 10.2. The fourth-order valence-electron chi connectivity index (χ4n) is 2.14. The zero-order chi connectivity index (χ0) is 14.9. The second kappa shape index (κ2) is 5.37. The van der Waals surface area contributed by atoms with Gasteiger partial charge in [0.25, 0.3) is 5.91 Å². The van der Waals surface area contributed by atoms with Crippen LogP contribution in [0.5, 0.6) is 0 Å². The van der Waals surface area contributed by atoms with Crippen LogP contribution in [0, 0.1) is 0 Å². The standard InChI is InChI=1S/C15H15NO4S/c17-15(16-9-4-10-16)14-8-7-12(20-14)11-21(18,19)13-5-2-1-3-6-13/h1-3,5-8H,4,9-11H2. The predicted octanol–water partition coefficient (Wildman–Crippen LogP) is 2.10. The first-order chi connectivity index (χ1) is 10.1. The number of benzene rings is 1. The third kappa shape index (κ3) is 2.85. The minimum absolute atomic E-state index is 0.176. The molecule has 1 aromatic heterocycles. The minimum atomic E-state index is -3.46. The molecular formula is C15H15NO4S. The molecule has 1 fully saturated rings. The van der Waals surface area contributed by atoms with Crippen molar-refractivity contribution in [2.45, 2.75) is 17.1 Å². The molecule has 110 valence electrons. The average molecular weight is 305 g/mol. The van der Waals surface area contributed by atoms with Crippen LogP contribution in [-0.4, -0.2) is 32.3 Å². The van der Waals surface area contributed by atoms with Gasteiger partial charge in [-0.05, 0) is 30.7 Å². The number of furan rings is 1. The molecule has 0 aliphatic carbocycles. The van der Waals surface area contributed by atoms with Gasteiger partial charge >= 0.3 is 0 Å². The van der Waals surface area contributed by atoms with Crippen LogP contribution in [0.3, 0.4) is 0 Å². The largest absolute Gasteiger partial charge is 0.455 e. The van der Waals surface area contributed by atoms with Gasteiger partial charge in [0, 0.05) is 13.1 Å². The number of carbonyl (C=O) groups is 1. The van der Waals surface area contributed by atoms with Gasteiger partial charge in [0.05, 0.1) is 4.90 Å². The number of rotatable bonds is 4. The third-order valence-electron chi connectivity index (χ3n) is 3.45. The normalized spacial score (nSPS) is 14.8. The van der Waals surface area contributed by atoms with Crippen LogP contribution < -0.4 is 0 Å². The summed E-state index contributed by atoms with van der Waals surface area (Å²) in [5.74, 6) is 0.0601. The van der Waals surface area contributed by atoms with Crippen molar-refractivity contribution in [3.63, 3.8) is 0 Å². The highest BCUT2D eigenvalue weighted by molar-refractivity contribution is 7.90. The lowest BCUT2D eigenvalue weighted by Gasteiger charge is -2.29. The SMILES string of the molecule is O=C(c1ccc(CS(=O)(=O)c2ccccc2)o1)N1CCC1. The molecule has 1 saturated heterocycles. The molecule has 1 amide bonds. The molecule has 0 bridgehead atoms. The summed E-state index contributed by atoms with van der Waals surface area (Å²) in [6, 6.07) is 11.3. The molecule has 6 heteroatoms. The molecule has 1 aromatic carbocycles. The summed E-state index contributed by atoms with van der Waals surface area (Å²) in [7, 11) is -3.46. The van der Waals surface area contributed by atoms with E-state index in [1.807, 2.05) is 0 Å². The van der Waals surface area contributed by atoms with Crippen molar-refractivity contribution in [2.75, 3.05) is 13.1 Å².